The van der Waals surface area contributed by atoms with Crippen LogP contribution < -0.4 is 0 Å². The third-order valence-corrected chi connectivity index (χ3v) is 6.12. The maximum atomic E-state index is 11.5. The standard InChI is InChI=1S/2C9H13NO2.C3H6O.C2H6.CH4O.3Ar/c2*1-10-8(11)6-4-2-3-5-7(6)9(10)12;1-3(2)4;2*1-2;;;/h2*6-7H,2-5H2,1H3;1-2H3;1-2H3;2H,1H3;;;. The summed E-state index contributed by atoms with van der Waals surface area (Å²) in [7, 11) is 4.20. The maximum Gasteiger partial charge on any atom is 0.232 e. The van der Waals surface area contributed by atoms with Gasteiger partial charge in [0.25, 0.3) is 0 Å². The van der Waals surface area contributed by atoms with Gasteiger partial charge in [0, 0.05) is 134 Å². The number of Topliss-reactive ketones (excluding diaryl/α,β-unsaturated/α-hetero) is 1. The van der Waals surface area contributed by atoms with Gasteiger partial charge in [-0.3, -0.25) is 29.0 Å². The van der Waals surface area contributed by atoms with Gasteiger partial charge in [-0.1, -0.05) is 39.5 Å². The second kappa shape index (κ2) is 23.6. The Labute approximate surface area is 301 Å². The molecule has 2 saturated carbocycles. The van der Waals surface area contributed by atoms with Crippen LogP contribution in [0.4, 0.5) is 0 Å². The molecule has 0 radical (unpaired) electrons. The molecule has 35 heavy (non-hydrogen) atoms. The predicted octanol–water partition coefficient (Wildman–Crippen LogP) is 2.81. The summed E-state index contributed by atoms with van der Waals surface area (Å²) in [6, 6.07) is 0. The average molecular weight is 574 g/mol. The van der Waals surface area contributed by atoms with Crippen LogP contribution in [0.15, 0.2) is 0 Å². The summed E-state index contributed by atoms with van der Waals surface area (Å²) in [5.74, 6) is 0.448. The van der Waals surface area contributed by atoms with E-state index in [4.69, 9.17) is 5.11 Å². The van der Waals surface area contributed by atoms with Crippen molar-refractivity contribution < 1.29 is 142 Å². The van der Waals surface area contributed by atoms with Gasteiger partial charge in [-0.05, 0) is 39.5 Å². The van der Waals surface area contributed by atoms with E-state index in [1.807, 2.05) is 13.8 Å². The Morgan fingerprint density at radius 2 is 0.743 bits per heavy atom. The van der Waals surface area contributed by atoms with E-state index >= 15 is 0 Å². The number of likely N-dealkylation sites (tertiary alicyclic amines) is 2. The number of aliphatic hydroxyl groups excluding tert-OH is 1. The number of hydrogen-bond donors (Lipinski definition) is 1. The van der Waals surface area contributed by atoms with Gasteiger partial charge in [-0.25, -0.2) is 0 Å². The minimum absolute atomic E-state index is 0. The molecule has 1 N–H and O–H groups in total. The van der Waals surface area contributed by atoms with E-state index in [0.29, 0.717) is 0 Å². The summed E-state index contributed by atoms with van der Waals surface area (Å²) in [6.45, 7) is 7.06. The first-order chi connectivity index (χ1) is 15.2. The van der Waals surface area contributed by atoms with Crippen LogP contribution in [0.3, 0.4) is 0 Å². The van der Waals surface area contributed by atoms with Gasteiger partial charge in [0.1, 0.15) is 5.78 Å². The Morgan fingerprint density at radius 3 is 0.886 bits per heavy atom. The van der Waals surface area contributed by atoms with Crippen LogP contribution in [-0.2, 0) is 24.0 Å². The molecule has 0 aromatic heterocycles. The van der Waals surface area contributed by atoms with Gasteiger partial charge in [0.15, 0.2) is 0 Å². The summed E-state index contributed by atoms with van der Waals surface area (Å²) in [4.78, 5) is 57.9. The van der Waals surface area contributed by atoms with Crippen molar-refractivity contribution in [2.24, 2.45) is 23.7 Å². The summed E-state index contributed by atoms with van der Waals surface area (Å²) in [6.07, 6.45) is 8.09. The fourth-order valence-electron chi connectivity index (χ4n) is 4.66. The van der Waals surface area contributed by atoms with Crippen molar-refractivity contribution in [2.75, 3.05) is 21.2 Å². The number of amides is 4. The van der Waals surface area contributed by atoms with Gasteiger partial charge in [0.05, 0.1) is 23.7 Å². The Hall–Kier alpha value is 1.69. The van der Waals surface area contributed by atoms with Crippen LogP contribution in [-0.4, -0.2) is 65.5 Å². The van der Waals surface area contributed by atoms with Crippen molar-refractivity contribution >= 4 is 29.4 Å². The zero-order valence-corrected chi connectivity index (χ0v) is 24.0. The Kier molecular flexibility index (Phi) is 29.4. The molecule has 4 atom stereocenters. The molecule has 2 aliphatic carbocycles. The Morgan fingerprint density at radius 1 is 0.600 bits per heavy atom. The maximum absolute atomic E-state index is 11.5. The Balaban J connectivity index is -0.000000200. The average Bonchev–Trinajstić information content (AvgIpc) is 3.17. The monoisotopic (exact) mass is 574 g/mol. The third kappa shape index (κ3) is 13.1. The molecule has 208 valence electrons. The molecule has 8 nitrogen and oxygen atoms in total. The van der Waals surface area contributed by atoms with Crippen LogP contribution in [0.5, 0.6) is 0 Å². The van der Waals surface area contributed by atoms with Crippen molar-refractivity contribution in [1.82, 2.24) is 9.80 Å². The SMILES string of the molecule is CC.CC(C)=O.CN1C(=O)C2CCCCC2C1=O.CN1C(=O)C2CCCCC2C1=O.CO.[Ar].[Ar].[Ar]. The number of ketones is 1. The van der Waals surface area contributed by atoms with Crippen molar-refractivity contribution in [3.8, 4) is 0 Å². The first-order valence-electron chi connectivity index (χ1n) is 11.7. The molecule has 4 amide bonds. The molecule has 0 spiro atoms. The molecule has 4 aliphatic rings. The normalized spacial score (nSPS) is 25.5. The van der Waals surface area contributed by atoms with Crippen molar-refractivity contribution in [2.45, 2.75) is 79.1 Å². The van der Waals surface area contributed by atoms with E-state index in [-0.39, 0.29) is 166 Å². The van der Waals surface area contributed by atoms with E-state index in [1.165, 1.54) is 23.6 Å². The number of aliphatic hydroxyl groups is 1. The summed E-state index contributed by atoms with van der Waals surface area (Å²) >= 11 is 0. The summed E-state index contributed by atoms with van der Waals surface area (Å²) in [5, 5.41) is 7.00. The third-order valence-electron chi connectivity index (χ3n) is 6.12. The second-order valence-electron chi connectivity index (χ2n) is 8.37. The minimum Gasteiger partial charge on any atom is -0.400 e. The van der Waals surface area contributed by atoms with Gasteiger partial charge in [-0.15, -0.1) is 0 Å². The minimum atomic E-state index is 0. The van der Waals surface area contributed by atoms with Crippen molar-refractivity contribution in [3.05, 3.63) is 0 Å². The van der Waals surface area contributed by atoms with E-state index in [2.05, 4.69) is 0 Å². The number of rotatable bonds is 0. The number of imide groups is 2. The fraction of sp³-hybridized carbons (Fsp3) is 0.792. The Bertz CT molecular complexity index is 576. The summed E-state index contributed by atoms with van der Waals surface area (Å²) < 4.78 is 0. The number of carbonyl (C=O) groups excluding carboxylic acids is 5. The summed E-state index contributed by atoms with van der Waals surface area (Å²) in [5.41, 5.74) is 0. The first kappa shape index (κ1) is 43.7. The second-order valence-corrected chi connectivity index (χ2v) is 8.37. The van der Waals surface area contributed by atoms with Gasteiger partial charge in [-0.2, -0.15) is 0 Å². The van der Waals surface area contributed by atoms with Gasteiger partial charge >= 0.3 is 0 Å². The molecular weight excluding hydrogens is 532 g/mol. The first-order valence-corrected chi connectivity index (χ1v) is 11.7. The number of fused-ring (bicyclic) bond motifs is 2. The quantitative estimate of drug-likeness (QED) is 0.446. The smallest absolute Gasteiger partial charge is 0.232 e. The molecule has 4 fully saturated rings. The molecule has 0 bridgehead atoms. The molecule has 2 saturated heterocycles. The van der Waals surface area contributed by atoms with Crippen LogP contribution in [0.1, 0.15) is 79.1 Å². The van der Waals surface area contributed by atoms with Crippen LogP contribution in [0.25, 0.3) is 0 Å². The van der Waals surface area contributed by atoms with Crippen LogP contribution >= 0.6 is 0 Å². The van der Waals surface area contributed by atoms with E-state index in [1.54, 1.807) is 14.1 Å². The van der Waals surface area contributed by atoms with E-state index < -0.39 is 0 Å². The van der Waals surface area contributed by atoms with E-state index in [0.717, 1.165) is 58.5 Å². The molecule has 2 heterocycles. The van der Waals surface area contributed by atoms with Crippen molar-refractivity contribution in [3.63, 3.8) is 0 Å². The topological polar surface area (TPSA) is 112 Å². The zero-order chi connectivity index (χ0) is 25.0. The number of carbonyl (C=O) groups is 5. The van der Waals surface area contributed by atoms with Gasteiger partial charge < -0.3 is 9.90 Å². The fourth-order valence-corrected chi connectivity index (χ4v) is 4.66. The molecule has 0 aromatic carbocycles. The molecule has 4 rings (SSSR count). The van der Waals surface area contributed by atoms with Crippen molar-refractivity contribution in [1.29, 1.82) is 0 Å². The van der Waals surface area contributed by atoms with Gasteiger partial charge in [0.2, 0.25) is 23.6 Å². The molecule has 2 aliphatic heterocycles. The predicted molar refractivity (Wildman–Crippen MR) is 122 cm³/mol. The van der Waals surface area contributed by atoms with E-state index in [9.17, 15) is 24.0 Å². The zero-order valence-electron chi connectivity index (χ0n) is 21.9. The number of hydrogen-bond acceptors (Lipinski definition) is 6. The molecule has 4 unspecified atom stereocenters. The molecule has 11 heteroatoms. The largest absolute Gasteiger partial charge is 0.400 e. The molecule has 0 aromatic rings. The molecular formula is C24H42Ar3N2O6. The van der Waals surface area contributed by atoms with Crippen LogP contribution in [0, 0.1) is 137 Å². The number of nitrogens with zero attached hydrogens (tertiary/aromatic N) is 2. The van der Waals surface area contributed by atoms with Crippen LogP contribution in [0.2, 0.25) is 0 Å².